The summed E-state index contributed by atoms with van der Waals surface area (Å²) in [7, 11) is 1.55. The first-order chi connectivity index (χ1) is 6.74. The van der Waals surface area contributed by atoms with Crippen molar-refractivity contribution in [2.24, 2.45) is 0 Å². The van der Waals surface area contributed by atoms with Crippen molar-refractivity contribution >= 4 is 11.6 Å². The molecule has 0 unspecified atom stereocenters. The van der Waals surface area contributed by atoms with Crippen molar-refractivity contribution in [3.63, 3.8) is 0 Å². The lowest BCUT2D eigenvalue weighted by atomic mass is 10.2. The van der Waals surface area contributed by atoms with Gasteiger partial charge in [0.2, 0.25) is 0 Å². The Morgan fingerprint density at radius 2 is 2.14 bits per heavy atom. The van der Waals surface area contributed by atoms with E-state index in [9.17, 15) is 0 Å². The molecule has 3 nitrogen and oxygen atoms in total. The van der Waals surface area contributed by atoms with E-state index in [1.807, 2.05) is 6.92 Å². The van der Waals surface area contributed by atoms with Crippen LogP contribution in [-0.4, -0.2) is 18.8 Å². The molecule has 0 saturated carbocycles. The summed E-state index contributed by atoms with van der Waals surface area (Å²) in [5.74, 6) is 1.10. The molecule has 4 heteroatoms. The summed E-state index contributed by atoms with van der Waals surface area (Å²) in [6.07, 6.45) is 0. The Bertz CT molecular complexity index is 312. The number of ether oxygens (including phenoxy) is 2. The molecule has 0 aliphatic carbocycles. The van der Waals surface area contributed by atoms with Crippen LogP contribution in [0.2, 0.25) is 5.02 Å². The molecule has 1 rings (SSSR count). The summed E-state index contributed by atoms with van der Waals surface area (Å²) in [6, 6.07) is 3.39. The fourth-order valence-corrected chi connectivity index (χ4v) is 1.40. The van der Waals surface area contributed by atoms with Gasteiger partial charge in [0, 0.05) is 5.56 Å². The molecule has 14 heavy (non-hydrogen) atoms. The molecular weight excluding hydrogens is 204 g/mol. The van der Waals surface area contributed by atoms with Crippen LogP contribution in [0.15, 0.2) is 12.1 Å². The number of methoxy groups -OCH3 is 1. The van der Waals surface area contributed by atoms with Gasteiger partial charge in [-0.3, -0.25) is 0 Å². The van der Waals surface area contributed by atoms with Gasteiger partial charge in [-0.25, -0.2) is 0 Å². The predicted molar refractivity (Wildman–Crippen MR) is 55.1 cm³/mol. The fraction of sp³-hybridized carbons (Fsp3) is 0.400. The van der Waals surface area contributed by atoms with Crippen molar-refractivity contribution in [1.82, 2.24) is 0 Å². The number of benzene rings is 1. The molecule has 1 aromatic carbocycles. The predicted octanol–water partition coefficient (Wildman–Crippen LogP) is 2.24. The van der Waals surface area contributed by atoms with Crippen LogP contribution in [0.25, 0.3) is 0 Å². The number of hydrogen-bond acceptors (Lipinski definition) is 3. The van der Waals surface area contributed by atoms with Crippen molar-refractivity contribution in [3.05, 3.63) is 22.7 Å². The van der Waals surface area contributed by atoms with Gasteiger partial charge in [0.25, 0.3) is 0 Å². The van der Waals surface area contributed by atoms with Gasteiger partial charge in [0.15, 0.2) is 11.5 Å². The van der Waals surface area contributed by atoms with Crippen molar-refractivity contribution in [2.75, 3.05) is 13.7 Å². The van der Waals surface area contributed by atoms with E-state index >= 15 is 0 Å². The molecule has 0 spiro atoms. The minimum atomic E-state index is -0.161. The maximum Gasteiger partial charge on any atom is 0.168 e. The van der Waals surface area contributed by atoms with Crippen LogP contribution >= 0.6 is 11.6 Å². The first-order valence-corrected chi connectivity index (χ1v) is 4.71. The second-order valence-corrected chi connectivity index (χ2v) is 3.06. The number of aliphatic hydroxyl groups is 1. The first kappa shape index (κ1) is 11.1. The van der Waals surface area contributed by atoms with Crippen LogP contribution in [0.1, 0.15) is 12.5 Å². The van der Waals surface area contributed by atoms with E-state index in [-0.39, 0.29) is 6.61 Å². The molecule has 0 bridgehead atoms. The number of halogens is 1. The molecule has 1 aromatic rings. The van der Waals surface area contributed by atoms with Crippen molar-refractivity contribution in [1.29, 1.82) is 0 Å². The number of rotatable bonds is 4. The minimum Gasteiger partial charge on any atom is -0.493 e. The Balaban J connectivity index is 3.21. The minimum absolute atomic E-state index is 0.161. The third-order valence-corrected chi connectivity index (χ3v) is 2.19. The van der Waals surface area contributed by atoms with Gasteiger partial charge in [-0.2, -0.15) is 0 Å². The molecule has 0 saturated heterocycles. The molecule has 0 aliphatic rings. The number of aliphatic hydroxyl groups excluding tert-OH is 1. The maximum atomic E-state index is 9.13. The summed E-state index contributed by atoms with van der Waals surface area (Å²) in [4.78, 5) is 0. The molecule has 0 fully saturated rings. The lowest BCUT2D eigenvalue weighted by molar-refractivity contribution is 0.260. The van der Waals surface area contributed by atoms with E-state index in [1.165, 1.54) is 0 Å². The molecule has 0 radical (unpaired) electrons. The molecule has 78 valence electrons. The standard InChI is InChI=1S/C10H13ClO3/c1-3-14-10-7(6-12)8(11)4-5-9(10)13-2/h4-5,12H,3,6H2,1-2H3. The molecule has 0 atom stereocenters. The lowest BCUT2D eigenvalue weighted by Crippen LogP contribution is -2.00. The van der Waals surface area contributed by atoms with Gasteiger partial charge in [0.1, 0.15) is 0 Å². The van der Waals surface area contributed by atoms with Gasteiger partial charge in [-0.05, 0) is 19.1 Å². The van der Waals surface area contributed by atoms with Gasteiger partial charge in [0.05, 0.1) is 25.3 Å². The highest BCUT2D eigenvalue weighted by atomic mass is 35.5. The van der Waals surface area contributed by atoms with Crippen LogP contribution in [-0.2, 0) is 6.61 Å². The van der Waals surface area contributed by atoms with Crippen LogP contribution in [0.5, 0.6) is 11.5 Å². The molecule has 0 heterocycles. The zero-order chi connectivity index (χ0) is 10.6. The highest BCUT2D eigenvalue weighted by Gasteiger charge is 2.13. The second-order valence-electron chi connectivity index (χ2n) is 2.65. The van der Waals surface area contributed by atoms with E-state index in [2.05, 4.69) is 0 Å². The van der Waals surface area contributed by atoms with Gasteiger partial charge < -0.3 is 14.6 Å². The SMILES string of the molecule is CCOc1c(OC)ccc(Cl)c1CO. The van der Waals surface area contributed by atoms with Crippen molar-refractivity contribution < 1.29 is 14.6 Å². The Morgan fingerprint density at radius 3 is 2.64 bits per heavy atom. The Labute approximate surface area is 88.2 Å². The van der Waals surface area contributed by atoms with Crippen molar-refractivity contribution in [3.8, 4) is 11.5 Å². The van der Waals surface area contributed by atoms with Crippen LogP contribution in [0.3, 0.4) is 0 Å². The average Bonchev–Trinajstić information content (AvgIpc) is 2.19. The normalized spacial score (nSPS) is 10.0. The zero-order valence-corrected chi connectivity index (χ0v) is 8.97. The summed E-state index contributed by atoms with van der Waals surface area (Å²) in [6.45, 7) is 2.20. The highest BCUT2D eigenvalue weighted by Crippen LogP contribution is 2.35. The van der Waals surface area contributed by atoms with E-state index in [4.69, 9.17) is 26.2 Å². The lowest BCUT2D eigenvalue weighted by Gasteiger charge is -2.13. The Hall–Kier alpha value is -0.930. The Morgan fingerprint density at radius 1 is 1.43 bits per heavy atom. The summed E-state index contributed by atoms with van der Waals surface area (Å²) in [5.41, 5.74) is 0.563. The zero-order valence-electron chi connectivity index (χ0n) is 8.21. The molecule has 0 amide bonds. The molecule has 0 aliphatic heterocycles. The van der Waals surface area contributed by atoms with Crippen LogP contribution in [0.4, 0.5) is 0 Å². The third kappa shape index (κ3) is 2.11. The monoisotopic (exact) mass is 216 g/mol. The van der Waals surface area contributed by atoms with Gasteiger partial charge >= 0.3 is 0 Å². The smallest absolute Gasteiger partial charge is 0.168 e. The van der Waals surface area contributed by atoms with E-state index < -0.39 is 0 Å². The van der Waals surface area contributed by atoms with Crippen molar-refractivity contribution in [2.45, 2.75) is 13.5 Å². The molecular formula is C10H13ClO3. The Kier molecular flexibility index (Phi) is 4.04. The fourth-order valence-electron chi connectivity index (χ4n) is 1.19. The highest BCUT2D eigenvalue weighted by molar-refractivity contribution is 6.31. The quantitative estimate of drug-likeness (QED) is 0.839. The average molecular weight is 217 g/mol. The maximum absolute atomic E-state index is 9.13. The topological polar surface area (TPSA) is 38.7 Å². The van der Waals surface area contributed by atoms with Crippen LogP contribution < -0.4 is 9.47 Å². The number of hydrogen-bond donors (Lipinski definition) is 1. The van der Waals surface area contributed by atoms with Gasteiger partial charge in [-0.15, -0.1) is 0 Å². The van der Waals surface area contributed by atoms with Gasteiger partial charge in [-0.1, -0.05) is 11.6 Å². The van der Waals surface area contributed by atoms with Crippen LogP contribution in [0, 0.1) is 0 Å². The second kappa shape index (κ2) is 5.08. The molecule has 1 N–H and O–H groups in total. The largest absolute Gasteiger partial charge is 0.493 e. The van der Waals surface area contributed by atoms with E-state index in [1.54, 1.807) is 19.2 Å². The molecule has 0 aromatic heterocycles. The first-order valence-electron chi connectivity index (χ1n) is 4.33. The summed E-state index contributed by atoms with van der Waals surface area (Å²) < 4.78 is 10.5. The summed E-state index contributed by atoms with van der Waals surface area (Å²) in [5, 5.41) is 9.61. The summed E-state index contributed by atoms with van der Waals surface area (Å²) >= 11 is 5.90. The van der Waals surface area contributed by atoms with E-state index in [0.29, 0.717) is 28.7 Å². The van der Waals surface area contributed by atoms with E-state index in [0.717, 1.165) is 0 Å². The third-order valence-electron chi connectivity index (χ3n) is 1.83.